The summed E-state index contributed by atoms with van der Waals surface area (Å²) in [6.07, 6.45) is 15.1. The second-order valence-corrected chi connectivity index (χ2v) is 8.88. The van der Waals surface area contributed by atoms with E-state index < -0.39 is 0 Å². The fourth-order valence-corrected chi connectivity index (χ4v) is 4.35. The second-order valence-electron chi connectivity index (χ2n) is 8.88. The first kappa shape index (κ1) is 23.8. The Balaban J connectivity index is 1.62. The summed E-state index contributed by atoms with van der Waals surface area (Å²) in [4.78, 5) is 12.3. The number of carbonyl (C=O) groups is 1. The van der Waals surface area contributed by atoms with Gasteiger partial charge >= 0.3 is 5.97 Å². The third-order valence-electron chi connectivity index (χ3n) is 6.43. The molecule has 29 heavy (non-hydrogen) atoms. The molecule has 164 valence electrons. The van der Waals surface area contributed by atoms with E-state index in [1.807, 2.05) is 31.2 Å². The third-order valence-corrected chi connectivity index (χ3v) is 6.43. The first-order valence-corrected chi connectivity index (χ1v) is 12.1. The smallest absolute Gasteiger partial charge is 0.338 e. The Kier molecular flexibility index (Phi) is 11.2. The molecule has 1 saturated carbocycles. The van der Waals surface area contributed by atoms with Crippen molar-refractivity contribution < 1.29 is 14.3 Å². The van der Waals surface area contributed by atoms with Crippen LogP contribution < -0.4 is 4.74 Å². The largest absolute Gasteiger partial charge is 0.494 e. The zero-order valence-electron chi connectivity index (χ0n) is 19.0. The van der Waals surface area contributed by atoms with Gasteiger partial charge in [-0.3, -0.25) is 0 Å². The van der Waals surface area contributed by atoms with Gasteiger partial charge in [0.2, 0.25) is 0 Å². The van der Waals surface area contributed by atoms with Gasteiger partial charge in [0.15, 0.2) is 0 Å². The molecule has 1 aliphatic rings. The molecule has 0 amide bonds. The van der Waals surface area contributed by atoms with E-state index in [2.05, 4.69) is 13.8 Å². The van der Waals surface area contributed by atoms with Crippen LogP contribution in [-0.2, 0) is 4.74 Å². The van der Waals surface area contributed by atoms with E-state index in [-0.39, 0.29) is 12.1 Å². The quantitative estimate of drug-likeness (QED) is 0.252. The molecule has 0 N–H and O–H groups in total. The Morgan fingerprint density at radius 2 is 1.66 bits per heavy atom. The van der Waals surface area contributed by atoms with Crippen molar-refractivity contribution in [3.8, 4) is 5.75 Å². The van der Waals surface area contributed by atoms with E-state index in [0.29, 0.717) is 5.56 Å². The number of unbranched alkanes of at least 4 members (excludes halogenated alkanes) is 3. The van der Waals surface area contributed by atoms with Crippen LogP contribution >= 0.6 is 0 Å². The Bertz CT molecular complexity index is 558. The van der Waals surface area contributed by atoms with Crippen LogP contribution in [0.5, 0.6) is 5.75 Å². The minimum absolute atomic E-state index is 0.0253. The summed E-state index contributed by atoms with van der Waals surface area (Å²) >= 11 is 0. The first-order chi connectivity index (χ1) is 14.1. The lowest BCUT2D eigenvalue weighted by Crippen LogP contribution is -2.15. The molecule has 3 nitrogen and oxygen atoms in total. The van der Waals surface area contributed by atoms with Gasteiger partial charge in [-0.2, -0.15) is 0 Å². The van der Waals surface area contributed by atoms with Gasteiger partial charge < -0.3 is 9.47 Å². The summed E-state index contributed by atoms with van der Waals surface area (Å²) < 4.78 is 11.4. The Labute approximate surface area is 178 Å². The van der Waals surface area contributed by atoms with Crippen molar-refractivity contribution in [1.29, 1.82) is 0 Å². The zero-order chi connectivity index (χ0) is 20.9. The van der Waals surface area contributed by atoms with Crippen molar-refractivity contribution in [2.75, 3.05) is 6.61 Å². The van der Waals surface area contributed by atoms with Crippen molar-refractivity contribution in [2.24, 2.45) is 11.8 Å². The van der Waals surface area contributed by atoms with Crippen LogP contribution in [0.25, 0.3) is 0 Å². The maximum absolute atomic E-state index is 12.3. The van der Waals surface area contributed by atoms with Gasteiger partial charge in [0.1, 0.15) is 5.75 Å². The lowest BCUT2D eigenvalue weighted by molar-refractivity contribution is 0.0319. The molecule has 0 radical (unpaired) electrons. The van der Waals surface area contributed by atoms with Gasteiger partial charge in [-0.25, -0.2) is 4.79 Å². The Hall–Kier alpha value is -1.51. The molecule has 0 aromatic heterocycles. The molecule has 1 aromatic rings. The molecule has 1 atom stereocenters. The van der Waals surface area contributed by atoms with Crippen molar-refractivity contribution >= 4 is 5.97 Å². The standard InChI is InChI=1S/C26H42O3/c1-4-6-7-8-10-21(3)29-26(27)24-16-18-25(19-17-24)28-20-9-11-23-14-12-22(5-2)13-15-23/h16-19,21-23H,4-15,20H2,1-3H3/t21-,22?,23?/m0/s1. The van der Waals surface area contributed by atoms with Crippen molar-refractivity contribution in [3.63, 3.8) is 0 Å². The lowest BCUT2D eigenvalue weighted by Gasteiger charge is -2.27. The Morgan fingerprint density at radius 3 is 2.31 bits per heavy atom. The number of ether oxygens (including phenoxy) is 2. The highest BCUT2D eigenvalue weighted by molar-refractivity contribution is 5.89. The van der Waals surface area contributed by atoms with Crippen LogP contribution in [0.3, 0.4) is 0 Å². The topological polar surface area (TPSA) is 35.5 Å². The molecule has 0 bridgehead atoms. The monoisotopic (exact) mass is 402 g/mol. The highest BCUT2D eigenvalue weighted by Gasteiger charge is 2.19. The highest BCUT2D eigenvalue weighted by atomic mass is 16.5. The Morgan fingerprint density at radius 1 is 0.966 bits per heavy atom. The third kappa shape index (κ3) is 9.23. The molecular formula is C26H42O3. The van der Waals surface area contributed by atoms with Gasteiger partial charge in [-0.15, -0.1) is 0 Å². The lowest BCUT2D eigenvalue weighted by atomic mass is 9.79. The fourth-order valence-electron chi connectivity index (χ4n) is 4.35. The summed E-state index contributed by atoms with van der Waals surface area (Å²) in [6.45, 7) is 7.26. The molecule has 0 saturated heterocycles. The van der Waals surface area contributed by atoms with E-state index in [9.17, 15) is 4.79 Å². The van der Waals surface area contributed by atoms with Gasteiger partial charge in [0, 0.05) is 0 Å². The van der Waals surface area contributed by atoms with Crippen molar-refractivity contribution in [3.05, 3.63) is 29.8 Å². The van der Waals surface area contributed by atoms with E-state index in [1.165, 1.54) is 57.8 Å². The average molecular weight is 403 g/mol. The van der Waals surface area contributed by atoms with Crippen LogP contribution in [0.2, 0.25) is 0 Å². The van der Waals surface area contributed by atoms with E-state index in [0.717, 1.165) is 43.5 Å². The number of esters is 1. The number of hydrogen-bond donors (Lipinski definition) is 0. The van der Waals surface area contributed by atoms with Crippen LogP contribution in [0, 0.1) is 11.8 Å². The van der Waals surface area contributed by atoms with E-state index in [1.54, 1.807) is 0 Å². The molecule has 0 aliphatic heterocycles. The van der Waals surface area contributed by atoms with Gasteiger partial charge in [0.25, 0.3) is 0 Å². The summed E-state index contributed by atoms with van der Waals surface area (Å²) in [5.41, 5.74) is 0.602. The molecule has 0 spiro atoms. The number of carbonyl (C=O) groups excluding carboxylic acids is 1. The molecule has 1 aromatic carbocycles. The van der Waals surface area contributed by atoms with Crippen LogP contribution in [0.15, 0.2) is 24.3 Å². The van der Waals surface area contributed by atoms with Crippen LogP contribution in [0.1, 0.15) is 108 Å². The minimum Gasteiger partial charge on any atom is -0.494 e. The second kappa shape index (κ2) is 13.7. The predicted molar refractivity (Wildman–Crippen MR) is 121 cm³/mol. The number of rotatable bonds is 13. The molecule has 1 aliphatic carbocycles. The van der Waals surface area contributed by atoms with Gasteiger partial charge in [-0.05, 0) is 68.7 Å². The number of hydrogen-bond acceptors (Lipinski definition) is 3. The van der Waals surface area contributed by atoms with Crippen LogP contribution in [0.4, 0.5) is 0 Å². The van der Waals surface area contributed by atoms with Crippen molar-refractivity contribution in [2.45, 2.75) is 104 Å². The summed E-state index contributed by atoms with van der Waals surface area (Å²) in [5, 5.41) is 0. The SMILES string of the molecule is CCCCCC[C@H](C)OC(=O)c1ccc(OCCCC2CCC(CC)CC2)cc1. The summed E-state index contributed by atoms with van der Waals surface area (Å²) in [6, 6.07) is 7.39. The average Bonchev–Trinajstić information content (AvgIpc) is 2.75. The molecule has 0 heterocycles. The maximum atomic E-state index is 12.3. The minimum atomic E-state index is -0.234. The highest BCUT2D eigenvalue weighted by Crippen LogP contribution is 2.33. The van der Waals surface area contributed by atoms with Gasteiger partial charge in [0.05, 0.1) is 18.3 Å². The van der Waals surface area contributed by atoms with Crippen molar-refractivity contribution in [1.82, 2.24) is 0 Å². The number of benzene rings is 1. The molecule has 2 rings (SSSR count). The normalized spacial score (nSPS) is 20.2. The molecule has 1 fully saturated rings. The van der Waals surface area contributed by atoms with Gasteiger partial charge in [-0.1, -0.05) is 65.2 Å². The summed E-state index contributed by atoms with van der Waals surface area (Å²) in [7, 11) is 0. The van der Waals surface area contributed by atoms with Crippen LogP contribution in [-0.4, -0.2) is 18.7 Å². The van der Waals surface area contributed by atoms with E-state index >= 15 is 0 Å². The zero-order valence-corrected chi connectivity index (χ0v) is 19.0. The molecule has 3 heteroatoms. The first-order valence-electron chi connectivity index (χ1n) is 12.1. The molecule has 0 unspecified atom stereocenters. The summed E-state index contributed by atoms with van der Waals surface area (Å²) in [5.74, 6) is 2.46. The predicted octanol–water partition coefficient (Wildman–Crippen LogP) is 7.58. The maximum Gasteiger partial charge on any atom is 0.338 e. The van der Waals surface area contributed by atoms with E-state index in [4.69, 9.17) is 9.47 Å². The fraction of sp³-hybridized carbons (Fsp3) is 0.731. The molecular weight excluding hydrogens is 360 g/mol.